The second-order valence-corrected chi connectivity index (χ2v) is 8.36. The summed E-state index contributed by atoms with van der Waals surface area (Å²) in [5.41, 5.74) is 2.87. The van der Waals surface area contributed by atoms with Crippen LogP contribution in [0.4, 0.5) is 4.39 Å². The molecule has 156 valence electrons. The van der Waals surface area contributed by atoms with Gasteiger partial charge in [0, 0.05) is 17.8 Å². The molecule has 2 aliphatic rings. The van der Waals surface area contributed by atoms with Gasteiger partial charge in [0.1, 0.15) is 11.6 Å². The van der Waals surface area contributed by atoms with Crippen LogP contribution in [0.1, 0.15) is 54.6 Å². The lowest BCUT2D eigenvalue weighted by atomic mass is 9.92. The zero-order chi connectivity index (χ0) is 20.5. The Bertz CT molecular complexity index is 904. The van der Waals surface area contributed by atoms with Crippen molar-refractivity contribution in [1.82, 2.24) is 9.88 Å². The van der Waals surface area contributed by atoms with Crippen LogP contribution in [0.2, 0.25) is 0 Å². The molecule has 2 aliphatic carbocycles. The molecule has 5 nitrogen and oxygen atoms in total. The Morgan fingerprint density at radius 1 is 1.24 bits per heavy atom. The summed E-state index contributed by atoms with van der Waals surface area (Å²) in [5.74, 6) is 0.652. The van der Waals surface area contributed by atoms with Crippen molar-refractivity contribution in [2.75, 3.05) is 7.11 Å². The van der Waals surface area contributed by atoms with Crippen LogP contribution in [0.15, 0.2) is 24.3 Å². The molecule has 2 saturated carbocycles. The molecule has 29 heavy (non-hydrogen) atoms. The molecule has 2 fully saturated rings. The molecule has 0 spiro atoms. The summed E-state index contributed by atoms with van der Waals surface area (Å²) in [6, 6.07) is 6.08. The van der Waals surface area contributed by atoms with Crippen molar-refractivity contribution < 1.29 is 19.0 Å². The Morgan fingerprint density at radius 3 is 2.69 bits per heavy atom. The number of hydrogen-bond donors (Lipinski definition) is 2. The number of nitrogens with one attached hydrogen (secondary N) is 1. The van der Waals surface area contributed by atoms with Crippen molar-refractivity contribution in [3.8, 4) is 17.0 Å². The van der Waals surface area contributed by atoms with Gasteiger partial charge in [-0.2, -0.15) is 0 Å². The number of aliphatic hydroxyl groups is 1. The third-order valence-corrected chi connectivity index (χ3v) is 6.23. The van der Waals surface area contributed by atoms with E-state index in [0.717, 1.165) is 43.6 Å². The maximum Gasteiger partial charge on any atom is 0.253 e. The molecule has 0 radical (unpaired) electrons. The smallest absolute Gasteiger partial charge is 0.253 e. The second kappa shape index (κ2) is 8.19. The molecule has 0 bridgehead atoms. The number of aliphatic hydroxyl groups excluding tert-OH is 1. The van der Waals surface area contributed by atoms with Gasteiger partial charge < -0.3 is 19.7 Å². The topological polar surface area (TPSA) is 63.5 Å². The third kappa shape index (κ3) is 4.17. The van der Waals surface area contributed by atoms with Gasteiger partial charge in [0.2, 0.25) is 0 Å². The largest absolute Gasteiger partial charge is 0.496 e. The first kappa shape index (κ1) is 20.0. The number of ether oxygens (including phenoxy) is 1. The van der Waals surface area contributed by atoms with Crippen molar-refractivity contribution in [2.24, 2.45) is 5.92 Å². The van der Waals surface area contributed by atoms with E-state index in [1.165, 1.54) is 25.0 Å². The van der Waals surface area contributed by atoms with Crippen LogP contribution in [0.3, 0.4) is 0 Å². The van der Waals surface area contributed by atoms with Crippen LogP contribution in [0.25, 0.3) is 11.3 Å². The highest BCUT2D eigenvalue weighted by Gasteiger charge is 2.29. The number of amides is 1. The minimum atomic E-state index is -0.496. The second-order valence-electron chi connectivity index (χ2n) is 8.36. The Balaban J connectivity index is 1.70. The van der Waals surface area contributed by atoms with E-state index in [0.29, 0.717) is 22.8 Å². The predicted octanol–water partition coefficient (Wildman–Crippen LogP) is 4.05. The highest BCUT2D eigenvalue weighted by Crippen LogP contribution is 2.38. The van der Waals surface area contributed by atoms with Gasteiger partial charge in [0.05, 0.1) is 30.5 Å². The van der Waals surface area contributed by atoms with Crippen LogP contribution >= 0.6 is 0 Å². The number of carbonyl (C=O) groups is 1. The molecule has 1 amide bonds. The van der Waals surface area contributed by atoms with E-state index in [9.17, 15) is 14.3 Å². The van der Waals surface area contributed by atoms with E-state index in [-0.39, 0.29) is 17.8 Å². The summed E-state index contributed by atoms with van der Waals surface area (Å²) < 4.78 is 21.6. The molecule has 0 aliphatic heterocycles. The zero-order valence-corrected chi connectivity index (χ0v) is 17.1. The van der Waals surface area contributed by atoms with E-state index >= 15 is 0 Å². The number of nitrogens with zero attached hydrogens (tertiary/aromatic N) is 1. The van der Waals surface area contributed by atoms with E-state index in [1.807, 2.05) is 13.0 Å². The molecule has 6 heteroatoms. The Labute approximate surface area is 170 Å². The van der Waals surface area contributed by atoms with Crippen molar-refractivity contribution in [3.05, 3.63) is 41.3 Å². The molecular weight excluding hydrogens is 371 g/mol. The van der Waals surface area contributed by atoms with Gasteiger partial charge in [0.25, 0.3) is 5.91 Å². The van der Waals surface area contributed by atoms with Crippen LogP contribution in [0.5, 0.6) is 5.75 Å². The van der Waals surface area contributed by atoms with E-state index in [1.54, 1.807) is 13.2 Å². The van der Waals surface area contributed by atoms with E-state index in [4.69, 9.17) is 4.74 Å². The average molecular weight is 400 g/mol. The van der Waals surface area contributed by atoms with Gasteiger partial charge in [-0.05, 0) is 62.8 Å². The monoisotopic (exact) mass is 400 g/mol. The predicted molar refractivity (Wildman–Crippen MR) is 110 cm³/mol. The minimum Gasteiger partial charge on any atom is -0.496 e. The first-order valence-corrected chi connectivity index (χ1v) is 10.5. The van der Waals surface area contributed by atoms with Crippen molar-refractivity contribution >= 4 is 5.91 Å². The van der Waals surface area contributed by atoms with Crippen LogP contribution in [0, 0.1) is 18.7 Å². The van der Waals surface area contributed by atoms with Crippen LogP contribution < -0.4 is 10.1 Å². The fourth-order valence-electron chi connectivity index (χ4n) is 4.30. The molecule has 2 aromatic rings. The van der Waals surface area contributed by atoms with E-state index in [2.05, 4.69) is 9.88 Å². The van der Waals surface area contributed by atoms with Gasteiger partial charge in [0.15, 0.2) is 0 Å². The highest BCUT2D eigenvalue weighted by molar-refractivity contribution is 5.97. The number of rotatable bonds is 6. The summed E-state index contributed by atoms with van der Waals surface area (Å²) in [7, 11) is 1.57. The first-order chi connectivity index (χ1) is 14.0. The SMILES string of the molecule is COc1ccc(F)cc1-c1cc(C(=O)N[C@H]2CCCC[C@@H]2O)c(C)n1CC1CC1. The molecule has 0 unspecified atom stereocenters. The molecular formula is C23H29FN2O3. The van der Waals surface area contributed by atoms with Gasteiger partial charge in [-0.15, -0.1) is 0 Å². The molecule has 1 heterocycles. The molecule has 2 N–H and O–H groups in total. The summed E-state index contributed by atoms with van der Waals surface area (Å²) in [4.78, 5) is 13.1. The van der Waals surface area contributed by atoms with Crippen molar-refractivity contribution in [2.45, 2.75) is 64.1 Å². The Hall–Kier alpha value is -2.34. The van der Waals surface area contributed by atoms with Gasteiger partial charge in [-0.1, -0.05) is 12.8 Å². The Kier molecular flexibility index (Phi) is 5.63. The average Bonchev–Trinajstić information content (AvgIpc) is 3.47. The number of methoxy groups -OCH3 is 1. The number of carbonyl (C=O) groups excluding carboxylic acids is 1. The third-order valence-electron chi connectivity index (χ3n) is 6.23. The maximum atomic E-state index is 14.0. The normalized spacial score (nSPS) is 21.8. The standard InChI is InChI=1S/C23H29FN2O3/c1-14-17(23(28)25-19-5-3-4-6-21(19)27)12-20(26(14)13-15-7-8-15)18-11-16(24)9-10-22(18)29-2/h9-12,15,19,21,27H,3-8,13H2,1-2H3,(H,25,28)/t19-,21-/m0/s1. The minimum absolute atomic E-state index is 0.181. The lowest BCUT2D eigenvalue weighted by Crippen LogP contribution is -2.45. The number of hydrogen-bond acceptors (Lipinski definition) is 3. The van der Waals surface area contributed by atoms with Crippen LogP contribution in [-0.2, 0) is 6.54 Å². The first-order valence-electron chi connectivity index (χ1n) is 10.5. The maximum absolute atomic E-state index is 14.0. The van der Waals surface area contributed by atoms with Gasteiger partial charge >= 0.3 is 0 Å². The molecule has 2 atom stereocenters. The lowest BCUT2D eigenvalue weighted by molar-refractivity contribution is 0.0716. The molecule has 4 rings (SSSR count). The molecule has 1 aromatic heterocycles. The highest BCUT2D eigenvalue weighted by atomic mass is 19.1. The fraction of sp³-hybridized carbons (Fsp3) is 0.522. The van der Waals surface area contributed by atoms with Crippen LogP contribution in [-0.4, -0.2) is 34.8 Å². The van der Waals surface area contributed by atoms with Gasteiger partial charge in [-0.3, -0.25) is 4.79 Å². The van der Waals surface area contributed by atoms with Crippen molar-refractivity contribution in [1.29, 1.82) is 0 Å². The molecule has 1 aromatic carbocycles. The molecule has 0 saturated heterocycles. The van der Waals surface area contributed by atoms with E-state index < -0.39 is 6.10 Å². The number of halogens is 1. The summed E-state index contributed by atoms with van der Waals surface area (Å²) in [6.07, 6.45) is 5.37. The number of benzene rings is 1. The van der Waals surface area contributed by atoms with Gasteiger partial charge in [-0.25, -0.2) is 4.39 Å². The van der Waals surface area contributed by atoms with Crippen molar-refractivity contribution in [3.63, 3.8) is 0 Å². The Morgan fingerprint density at radius 2 is 2.00 bits per heavy atom. The number of aromatic nitrogens is 1. The summed E-state index contributed by atoms with van der Waals surface area (Å²) in [6.45, 7) is 2.74. The zero-order valence-electron chi connectivity index (χ0n) is 17.1. The fourth-order valence-corrected chi connectivity index (χ4v) is 4.30. The quantitative estimate of drug-likeness (QED) is 0.769. The lowest BCUT2D eigenvalue weighted by Gasteiger charge is -2.28. The summed E-state index contributed by atoms with van der Waals surface area (Å²) >= 11 is 0. The summed E-state index contributed by atoms with van der Waals surface area (Å²) in [5, 5.41) is 13.2.